The van der Waals surface area contributed by atoms with E-state index >= 15 is 0 Å². The molecule has 0 saturated heterocycles. The molecule has 0 bridgehead atoms. The van der Waals surface area contributed by atoms with Crippen molar-refractivity contribution < 1.29 is 14.3 Å². The van der Waals surface area contributed by atoms with Crippen molar-refractivity contribution in [3.8, 4) is 0 Å². The highest BCUT2D eigenvalue weighted by Gasteiger charge is 2.51. The van der Waals surface area contributed by atoms with E-state index in [1.165, 1.54) is 0 Å². The lowest BCUT2D eigenvalue weighted by Gasteiger charge is -2.35. The SMILES string of the molecule is Cc1cccc(C2=C(c3ccc4nccnc4c3)OC3(CCC(CC(=O)NCCN(C)C)CC3)C2=O)c1. The normalized spacial score (nSPS) is 21.6. The fraction of sp³-hybridized carbons (Fsp3) is 0.400. The molecule has 1 spiro atoms. The number of Topliss-reactive ketones (excluding diaryl/α,β-unsaturated/α-hetero) is 1. The molecular formula is C30H34N4O3. The number of carbonyl (C=O) groups is 2. The number of fused-ring (bicyclic) bond motifs is 1. The van der Waals surface area contributed by atoms with Gasteiger partial charge in [0.1, 0.15) is 5.76 Å². The van der Waals surface area contributed by atoms with Crippen molar-refractivity contribution in [3.63, 3.8) is 0 Å². The van der Waals surface area contributed by atoms with E-state index in [1.807, 2.05) is 68.4 Å². The third kappa shape index (κ3) is 5.27. The molecule has 0 unspecified atom stereocenters. The predicted molar refractivity (Wildman–Crippen MR) is 144 cm³/mol. The number of rotatable bonds is 7. The smallest absolute Gasteiger partial charge is 0.220 e. The van der Waals surface area contributed by atoms with Crippen LogP contribution in [0, 0.1) is 12.8 Å². The zero-order valence-corrected chi connectivity index (χ0v) is 21.8. The molecule has 1 aliphatic carbocycles. The van der Waals surface area contributed by atoms with Crippen molar-refractivity contribution in [1.82, 2.24) is 20.2 Å². The van der Waals surface area contributed by atoms with E-state index in [9.17, 15) is 9.59 Å². The summed E-state index contributed by atoms with van der Waals surface area (Å²) in [5.41, 5.74) is 4.10. The van der Waals surface area contributed by atoms with Crippen LogP contribution in [-0.2, 0) is 14.3 Å². The van der Waals surface area contributed by atoms with Crippen LogP contribution in [0.25, 0.3) is 22.4 Å². The number of ether oxygens (including phenoxy) is 1. The van der Waals surface area contributed by atoms with Gasteiger partial charge in [-0.05, 0) is 76.4 Å². The van der Waals surface area contributed by atoms with E-state index in [4.69, 9.17) is 4.74 Å². The minimum absolute atomic E-state index is 0.0428. The summed E-state index contributed by atoms with van der Waals surface area (Å²) in [6, 6.07) is 13.9. The summed E-state index contributed by atoms with van der Waals surface area (Å²) in [5, 5.41) is 3.01. The minimum Gasteiger partial charge on any atom is -0.478 e. The molecule has 1 N–H and O–H groups in total. The topological polar surface area (TPSA) is 84.4 Å². The number of ketones is 1. The van der Waals surface area contributed by atoms with Crippen LogP contribution in [0.2, 0.25) is 0 Å². The van der Waals surface area contributed by atoms with Gasteiger partial charge >= 0.3 is 0 Å². The molecule has 192 valence electrons. The Bertz CT molecular complexity index is 1360. The number of nitrogens with one attached hydrogen (secondary N) is 1. The van der Waals surface area contributed by atoms with Gasteiger partial charge in [0.25, 0.3) is 0 Å². The summed E-state index contributed by atoms with van der Waals surface area (Å²) >= 11 is 0. The Hall–Kier alpha value is -3.58. The lowest BCUT2D eigenvalue weighted by molar-refractivity contribution is -0.132. The summed E-state index contributed by atoms with van der Waals surface area (Å²) < 4.78 is 6.66. The monoisotopic (exact) mass is 498 g/mol. The third-order valence-corrected chi connectivity index (χ3v) is 7.47. The number of likely N-dealkylation sites (N-methyl/N-ethyl adjacent to an activating group) is 1. The van der Waals surface area contributed by atoms with Crippen LogP contribution in [0.3, 0.4) is 0 Å². The molecule has 7 nitrogen and oxygen atoms in total. The minimum atomic E-state index is -0.885. The zero-order valence-electron chi connectivity index (χ0n) is 21.8. The highest BCUT2D eigenvalue weighted by Crippen LogP contribution is 2.49. The maximum Gasteiger partial charge on any atom is 0.220 e. The predicted octanol–water partition coefficient (Wildman–Crippen LogP) is 4.40. The first kappa shape index (κ1) is 25.1. The zero-order chi connectivity index (χ0) is 26.0. The van der Waals surface area contributed by atoms with Crippen LogP contribution >= 0.6 is 0 Å². The Balaban J connectivity index is 1.39. The summed E-state index contributed by atoms with van der Waals surface area (Å²) in [4.78, 5) is 37.4. The summed E-state index contributed by atoms with van der Waals surface area (Å²) in [6.07, 6.45) is 6.61. The molecule has 1 aliphatic heterocycles. The largest absolute Gasteiger partial charge is 0.478 e. The van der Waals surface area contributed by atoms with Crippen molar-refractivity contribution in [2.75, 3.05) is 27.2 Å². The van der Waals surface area contributed by atoms with Gasteiger partial charge < -0.3 is 15.0 Å². The van der Waals surface area contributed by atoms with Gasteiger partial charge in [-0.3, -0.25) is 19.6 Å². The van der Waals surface area contributed by atoms with Crippen molar-refractivity contribution in [2.45, 2.75) is 44.6 Å². The second-order valence-electron chi connectivity index (χ2n) is 10.6. The van der Waals surface area contributed by atoms with Crippen LogP contribution in [-0.4, -0.2) is 59.3 Å². The highest BCUT2D eigenvalue weighted by atomic mass is 16.5. The Morgan fingerprint density at radius 3 is 2.54 bits per heavy atom. The Morgan fingerprint density at radius 2 is 1.81 bits per heavy atom. The summed E-state index contributed by atoms with van der Waals surface area (Å²) in [5.74, 6) is 0.992. The first-order valence-corrected chi connectivity index (χ1v) is 13.0. The molecule has 7 heteroatoms. The van der Waals surface area contributed by atoms with Crippen LogP contribution < -0.4 is 5.32 Å². The van der Waals surface area contributed by atoms with E-state index in [0.717, 1.165) is 47.1 Å². The van der Waals surface area contributed by atoms with E-state index < -0.39 is 5.60 Å². The first-order valence-electron chi connectivity index (χ1n) is 13.0. The van der Waals surface area contributed by atoms with Gasteiger partial charge in [0.2, 0.25) is 11.7 Å². The highest BCUT2D eigenvalue weighted by molar-refractivity contribution is 6.33. The molecule has 2 heterocycles. The number of benzene rings is 2. The summed E-state index contributed by atoms with van der Waals surface area (Å²) in [7, 11) is 3.98. The maximum atomic E-state index is 14.1. The van der Waals surface area contributed by atoms with E-state index in [-0.39, 0.29) is 17.6 Å². The first-order chi connectivity index (χ1) is 17.8. The van der Waals surface area contributed by atoms with Gasteiger partial charge in [0, 0.05) is 37.5 Å². The van der Waals surface area contributed by atoms with Crippen LogP contribution in [0.4, 0.5) is 0 Å². The number of aryl methyl sites for hydroxylation is 1. The third-order valence-electron chi connectivity index (χ3n) is 7.47. The molecule has 0 radical (unpaired) electrons. The van der Waals surface area contributed by atoms with Crippen LogP contribution in [0.1, 0.15) is 48.8 Å². The Kier molecular flexibility index (Phi) is 7.07. The van der Waals surface area contributed by atoms with Crippen molar-refractivity contribution in [2.24, 2.45) is 5.92 Å². The molecule has 1 amide bonds. The molecule has 2 aromatic carbocycles. The molecule has 2 aliphatic rings. The number of carbonyl (C=O) groups excluding carboxylic acids is 2. The fourth-order valence-electron chi connectivity index (χ4n) is 5.42. The van der Waals surface area contributed by atoms with Gasteiger partial charge in [-0.25, -0.2) is 0 Å². The average molecular weight is 499 g/mol. The maximum absolute atomic E-state index is 14.1. The van der Waals surface area contributed by atoms with Gasteiger partial charge in [-0.2, -0.15) is 0 Å². The molecule has 37 heavy (non-hydrogen) atoms. The fourth-order valence-corrected chi connectivity index (χ4v) is 5.42. The van der Waals surface area contributed by atoms with E-state index in [1.54, 1.807) is 12.4 Å². The van der Waals surface area contributed by atoms with E-state index in [0.29, 0.717) is 37.1 Å². The molecule has 5 rings (SSSR count). The lowest BCUT2D eigenvalue weighted by Crippen LogP contribution is -2.42. The number of amides is 1. The molecule has 0 atom stereocenters. The molecule has 1 saturated carbocycles. The second kappa shape index (κ2) is 10.4. The molecule has 3 aromatic rings. The standard InChI is InChI=1S/C30H34N4O3/c1-20-5-4-6-22(17-20)27-28(23-7-8-24-25(19-23)32-14-13-31-24)37-30(29(27)36)11-9-21(10-12-30)18-26(35)33-15-16-34(2)3/h4-8,13-14,17,19,21H,9-12,15-16,18H2,1-3H3,(H,33,35). The van der Waals surface area contributed by atoms with Crippen molar-refractivity contribution >= 4 is 34.1 Å². The second-order valence-corrected chi connectivity index (χ2v) is 10.6. The Morgan fingerprint density at radius 1 is 1.05 bits per heavy atom. The van der Waals surface area contributed by atoms with Crippen molar-refractivity contribution in [3.05, 3.63) is 71.5 Å². The average Bonchev–Trinajstić information content (AvgIpc) is 3.16. The number of hydrogen-bond acceptors (Lipinski definition) is 6. The quantitative estimate of drug-likeness (QED) is 0.520. The number of nitrogens with zero attached hydrogens (tertiary/aromatic N) is 3. The van der Waals surface area contributed by atoms with Crippen LogP contribution in [0.5, 0.6) is 0 Å². The van der Waals surface area contributed by atoms with Gasteiger partial charge in [-0.1, -0.05) is 29.8 Å². The van der Waals surface area contributed by atoms with E-state index in [2.05, 4.69) is 15.3 Å². The van der Waals surface area contributed by atoms with Crippen molar-refractivity contribution in [1.29, 1.82) is 0 Å². The van der Waals surface area contributed by atoms with Gasteiger partial charge in [0.05, 0.1) is 16.6 Å². The van der Waals surface area contributed by atoms with Gasteiger partial charge in [0.15, 0.2) is 5.60 Å². The lowest BCUT2D eigenvalue weighted by atomic mass is 9.74. The molecule has 1 fully saturated rings. The van der Waals surface area contributed by atoms with Gasteiger partial charge in [-0.15, -0.1) is 0 Å². The number of aromatic nitrogens is 2. The Labute approximate surface area is 217 Å². The molecular weight excluding hydrogens is 464 g/mol. The van der Waals surface area contributed by atoms with Crippen LogP contribution in [0.15, 0.2) is 54.9 Å². The summed E-state index contributed by atoms with van der Waals surface area (Å²) in [6.45, 7) is 3.49. The molecule has 1 aromatic heterocycles. The number of hydrogen-bond donors (Lipinski definition) is 1.